The van der Waals surface area contributed by atoms with Gasteiger partial charge < -0.3 is 5.32 Å². The molecule has 0 saturated heterocycles. The van der Waals surface area contributed by atoms with Crippen LogP contribution < -0.4 is 5.32 Å². The first kappa shape index (κ1) is 13.8. The van der Waals surface area contributed by atoms with Crippen LogP contribution in [0.25, 0.3) is 0 Å². The van der Waals surface area contributed by atoms with Gasteiger partial charge in [0.15, 0.2) is 11.6 Å². The highest BCUT2D eigenvalue weighted by Crippen LogP contribution is 2.39. The molecule has 4 heteroatoms. The van der Waals surface area contributed by atoms with Crippen LogP contribution in [0.5, 0.6) is 0 Å². The normalized spacial score (nSPS) is 18.2. The number of halogens is 2. The van der Waals surface area contributed by atoms with Gasteiger partial charge >= 0.3 is 0 Å². The van der Waals surface area contributed by atoms with Crippen molar-refractivity contribution in [3.8, 4) is 0 Å². The van der Waals surface area contributed by atoms with E-state index in [1.165, 1.54) is 37.8 Å². The van der Waals surface area contributed by atoms with E-state index in [0.717, 1.165) is 12.1 Å². The molecule has 0 atom stereocenters. The maximum Gasteiger partial charge on any atom is 0.159 e. The molecular formula is C14H19F2NS. The van der Waals surface area contributed by atoms with E-state index in [1.54, 1.807) is 6.07 Å². The number of thioether (sulfide) groups is 1. The van der Waals surface area contributed by atoms with Crippen molar-refractivity contribution in [2.45, 2.75) is 37.0 Å². The summed E-state index contributed by atoms with van der Waals surface area (Å²) in [7, 11) is 0. The average Bonchev–Trinajstić information content (AvgIpc) is 2.83. The molecule has 0 amide bonds. The Morgan fingerprint density at radius 1 is 1.22 bits per heavy atom. The third-order valence-electron chi connectivity index (χ3n) is 3.71. The van der Waals surface area contributed by atoms with Crippen LogP contribution in [0.15, 0.2) is 18.2 Å². The zero-order valence-electron chi connectivity index (χ0n) is 10.6. The zero-order valence-corrected chi connectivity index (χ0v) is 11.5. The van der Waals surface area contributed by atoms with Crippen molar-refractivity contribution in [1.82, 2.24) is 5.32 Å². The molecule has 0 aromatic heterocycles. The van der Waals surface area contributed by atoms with E-state index in [2.05, 4.69) is 11.6 Å². The fraction of sp³-hybridized carbons (Fsp3) is 0.571. The summed E-state index contributed by atoms with van der Waals surface area (Å²) in [5.74, 6) is -1.55. The number of nitrogens with one attached hydrogen (secondary N) is 1. The summed E-state index contributed by atoms with van der Waals surface area (Å²) in [5.41, 5.74) is 0.795. The molecule has 1 aromatic rings. The van der Waals surface area contributed by atoms with Crippen LogP contribution in [-0.2, 0) is 6.54 Å². The van der Waals surface area contributed by atoms with Gasteiger partial charge in [-0.05, 0) is 36.8 Å². The predicted octanol–water partition coefficient (Wildman–Crippen LogP) is 3.73. The van der Waals surface area contributed by atoms with Crippen molar-refractivity contribution in [2.24, 2.45) is 0 Å². The lowest BCUT2D eigenvalue weighted by molar-refractivity contribution is 0.502. The topological polar surface area (TPSA) is 12.0 Å². The highest BCUT2D eigenvalue weighted by Gasteiger charge is 2.32. The van der Waals surface area contributed by atoms with Crippen molar-refractivity contribution in [3.63, 3.8) is 0 Å². The second-order valence-electron chi connectivity index (χ2n) is 4.95. The van der Waals surface area contributed by atoms with E-state index in [0.29, 0.717) is 11.3 Å². The van der Waals surface area contributed by atoms with Gasteiger partial charge in [-0.2, -0.15) is 11.8 Å². The monoisotopic (exact) mass is 271 g/mol. The van der Waals surface area contributed by atoms with E-state index < -0.39 is 11.6 Å². The Bertz CT molecular complexity index is 403. The average molecular weight is 271 g/mol. The first-order chi connectivity index (χ1) is 8.65. The summed E-state index contributed by atoms with van der Waals surface area (Å²) in [6.45, 7) is 1.53. The Balaban J connectivity index is 1.86. The minimum atomic E-state index is -0.782. The lowest BCUT2D eigenvalue weighted by atomic mass is 10.1. The van der Waals surface area contributed by atoms with E-state index in [9.17, 15) is 8.78 Å². The maximum atomic E-state index is 13.0. The van der Waals surface area contributed by atoms with Crippen LogP contribution >= 0.6 is 11.8 Å². The Morgan fingerprint density at radius 3 is 2.56 bits per heavy atom. The molecule has 1 fully saturated rings. The summed E-state index contributed by atoms with van der Waals surface area (Å²) in [6.07, 6.45) is 7.25. The van der Waals surface area contributed by atoms with E-state index in [1.807, 2.05) is 11.8 Å². The van der Waals surface area contributed by atoms with Gasteiger partial charge in [0.2, 0.25) is 0 Å². The predicted molar refractivity (Wildman–Crippen MR) is 72.8 cm³/mol. The summed E-state index contributed by atoms with van der Waals surface area (Å²) >= 11 is 1.92. The smallest absolute Gasteiger partial charge is 0.159 e. The van der Waals surface area contributed by atoms with Gasteiger partial charge in [0.1, 0.15) is 0 Å². The van der Waals surface area contributed by atoms with E-state index in [4.69, 9.17) is 0 Å². The van der Waals surface area contributed by atoms with Gasteiger partial charge in [0, 0.05) is 17.8 Å². The van der Waals surface area contributed by atoms with Crippen LogP contribution in [-0.4, -0.2) is 17.5 Å². The number of rotatable bonds is 5. The first-order valence-corrected chi connectivity index (χ1v) is 7.57. The first-order valence-electron chi connectivity index (χ1n) is 6.35. The molecule has 1 aliphatic carbocycles. The summed E-state index contributed by atoms with van der Waals surface area (Å²) in [4.78, 5) is 0. The lowest BCUT2D eigenvalue weighted by Gasteiger charge is -2.27. The van der Waals surface area contributed by atoms with Crippen LogP contribution in [0.2, 0.25) is 0 Å². The molecule has 1 aromatic carbocycles. The van der Waals surface area contributed by atoms with Gasteiger partial charge in [0.05, 0.1) is 0 Å². The SMILES string of the molecule is CSC1(CNCc2ccc(F)c(F)c2)CCCC1. The van der Waals surface area contributed by atoms with Crippen LogP contribution in [0, 0.1) is 11.6 Å². The molecule has 1 nitrogen and oxygen atoms in total. The molecule has 0 heterocycles. The molecule has 2 rings (SSSR count). The fourth-order valence-corrected chi connectivity index (χ4v) is 3.50. The summed E-state index contributed by atoms with van der Waals surface area (Å²) < 4.78 is 26.2. The molecule has 0 bridgehead atoms. The quantitative estimate of drug-likeness (QED) is 0.875. The molecule has 0 aliphatic heterocycles. The summed E-state index contributed by atoms with van der Waals surface area (Å²) in [5, 5.41) is 3.37. The lowest BCUT2D eigenvalue weighted by Crippen LogP contribution is -2.34. The number of hydrogen-bond acceptors (Lipinski definition) is 2. The molecule has 1 N–H and O–H groups in total. The minimum absolute atomic E-state index is 0.346. The standard InChI is InChI=1S/C14H19F2NS/c1-18-14(6-2-3-7-14)10-17-9-11-4-5-12(15)13(16)8-11/h4-5,8,17H,2-3,6-7,9-10H2,1H3. The van der Waals surface area contributed by atoms with Crippen LogP contribution in [0.4, 0.5) is 8.78 Å². The summed E-state index contributed by atoms with van der Waals surface area (Å²) in [6, 6.07) is 4.08. The van der Waals surface area contributed by atoms with E-state index >= 15 is 0 Å². The van der Waals surface area contributed by atoms with Crippen molar-refractivity contribution < 1.29 is 8.78 Å². The second-order valence-corrected chi connectivity index (χ2v) is 6.22. The second kappa shape index (κ2) is 6.02. The van der Waals surface area contributed by atoms with Crippen molar-refractivity contribution in [2.75, 3.05) is 12.8 Å². The molecule has 100 valence electrons. The zero-order chi connectivity index (χ0) is 13.0. The number of benzene rings is 1. The van der Waals surface area contributed by atoms with Gasteiger partial charge in [-0.15, -0.1) is 0 Å². The third kappa shape index (κ3) is 3.23. The molecule has 0 spiro atoms. The minimum Gasteiger partial charge on any atom is -0.311 e. The Kier molecular flexibility index (Phi) is 4.62. The largest absolute Gasteiger partial charge is 0.311 e. The van der Waals surface area contributed by atoms with Crippen molar-refractivity contribution in [3.05, 3.63) is 35.4 Å². The van der Waals surface area contributed by atoms with Gasteiger partial charge in [-0.25, -0.2) is 8.78 Å². The van der Waals surface area contributed by atoms with Crippen LogP contribution in [0.1, 0.15) is 31.2 Å². The number of hydrogen-bond donors (Lipinski definition) is 1. The molecule has 18 heavy (non-hydrogen) atoms. The highest BCUT2D eigenvalue weighted by molar-refractivity contribution is 8.00. The van der Waals surface area contributed by atoms with Crippen LogP contribution in [0.3, 0.4) is 0 Å². The Labute approximate surface area is 111 Å². The molecule has 0 radical (unpaired) electrons. The van der Waals surface area contributed by atoms with Gasteiger partial charge in [-0.1, -0.05) is 18.9 Å². The maximum absolute atomic E-state index is 13.0. The van der Waals surface area contributed by atoms with Gasteiger partial charge in [0.25, 0.3) is 0 Å². The van der Waals surface area contributed by atoms with Crippen molar-refractivity contribution in [1.29, 1.82) is 0 Å². The van der Waals surface area contributed by atoms with Gasteiger partial charge in [-0.3, -0.25) is 0 Å². The third-order valence-corrected chi connectivity index (χ3v) is 5.13. The highest BCUT2D eigenvalue weighted by atomic mass is 32.2. The Hall–Kier alpha value is -0.610. The Morgan fingerprint density at radius 2 is 1.94 bits per heavy atom. The van der Waals surface area contributed by atoms with E-state index in [-0.39, 0.29) is 0 Å². The molecular weight excluding hydrogens is 252 g/mol. The molecule has 1 aliphatic rings. The van der Waals surface area contributed by atoms with Crippen molar-refractivity contribution >= 4 is 11.8 Å². The molecule has 0 unspecified atom stereocenters. The fourth-order valence-electron chi connectivity index (χ4n) is 2.56. The molecule has 1 saturated carbocycles.